The summed E-state index contributed by atoms with van der Waals surface area (Å²) in [5, 5.41) is 8.82. The number of nitrogens with zero attached hydrogens (tertiary/aromatic N) is 3. The molecule has 0 unspecified atom stereocenters. The third-order valence-electron chi connectivity index (χ3n) is 10.1. The van der Waals surface area contributed by atoms with Crippen molar-refractivity contribution in [3.05, 3.63) is 164 Å². The van der Waals surface area contributed by atoms with Crippen LogP contribution in [0.2, 0.25) is 0 Å². The maximum absolute atomic E-state index is 6.83. The van der Waals surface area contributed by atoms with Crippen molar-refractivity contribution in [2.75, 3.05) is 0 Å². The second kappa shape index (κ2) is 11.2. The molecule has 5 heteroatoms. The molecule has 11 aromatic rings. The number of hydrogen-bond acceptors (Lipinski definition) is 5. The normalized spacial score (nSPS) is 11.8. The Hall–Kier alpha value is -7.11. The Morgan fingerprint density at radius 2 is 0.981 bits per heavy atom. The highest BCUT2D eigenvalue weighted by molar-refractivity contribution is 6.23. The molecule has 0 aliphatic rings. The second-order valence-electron chi connectivity index (χ2n) is 13.2. The van der Waals surface area contributed by atoms with E-state index in [-0.39, 0.29) is 0 Å². The summed E-state index contributed by atoms with van der Waals surface area (Å²) in [6.07, 6.45) is 0. The quantitative estimate of drug-likeness (QED) is 0.187. The summed E-state index contributed by atoms with van der Waals surface area (Å²) >= 11 is 0. The van der Waals surface area contributed by atoms with Gasteiger partial charge in [0, 0.05) is 32.7 Å². The van der Waals surface area contributed by atoms with Crippen molar-refractivity contribution in [1.29, 1.82) is 0 Å². The van der Waals surface area contributed by atoms with Crippen molar-refractivity contribution >= 4 is 65.4 Å². The summed E-state index contributed by atoms with van der Waals surface area (Å²) in [7, 11) is 0. The molecule has 0 fully saturated rings. The smallest absolute Gasteiger partial charge is 0.167 e. The number of aromatic nitrogens is 3. The largest absolute Gasteiger partial charge is 0.456 e. The van der Waals surface area contributed by atoms with Crippen LogP contribution in [-0.4, -0.2) is 15.0 Å². The van der Waals surface area contributed by atoms with Crippen LogP contribution in [0, 0.1) is 0 Å². The molecular weight excluding hydrogens is 639 g/mol. The summed E-state index contributed by atoms with van der Waals surface area (Å²) in [5.41, 5.74) is 8.01. The van der Waals surface area contributed by atoms with Gasteiger partial charge in [0.15, 0.2) is 17.5 Å². The van der Waals surface area contributed by atoms with Crippen LogP contribution in [-0.2, 0) is 0 Å². The van der Waals surface area contributed by atoms with Gasteiger partial charge in [0.25, 0.3) is 0 Å². The van der Waals surface area contributed by atoms with Gasteiger partial charge in [-0.1, -0.05) is 127 Å². The van der Waals surface area contributed by atoms with E-state index in [4.69, 9.17) is 23.8 Å². The molecular formula is C47H27N3O2. The molecule has 0 saturated heterocycles. The number of furan rings is 2. The maximum atomic E-state index is 6.83. The molecule has 3 heterocycles. The fraction of sp³-hybridized carbons (Fsp3) is 0. The van der Waals surface area contributed by atoms with Crippen molar-refractivity contribution in [3.63, 3.8) is 0 Å². The Morgan fingerprint density at radius 1 is 0.327 bits per heavy atom. The number of hydrogen-bond donors (Lipinski definition) is 0. The Kier molecular flexibility index (Phi) is 6.18. The summed E-state index contributed by atoms with van der Waals surface area (Å²) in [6, 6.07) is 56.3. The van der Waals surface area contributed by atoms with E-state index in [1.165, 1.54) is 5.39 Å². The van der Waals surface area contributed by atoms with E-state index >= 15 is 0 Å². The molecule has 0 aliphatic carbocycles. The summed E-state index contributed by atoms with van der Waals surface area (Å²) in [6.45, 7) is 0. The summed E-state index contributed by atoms with van der Waals surface area (Å²) < 4.78 is 13.1. The fourth-order valence-corrected chi connectivity index (χ4v) is 7.64. The van der Waals surface area contributed by atoms with Gasteiger partial charge in [-0.25, -0.2) is 15.0 Å². The minimum atomic E-state index is 0.537. The van der Waals surface area contributed by atoms with Gasteiger partial charge >= 0.3 is 0 Å². The first kappa shape index (κ1) is 28.7. The van der Waals surface area contributed by atoms with Crippen LogP contribution in [0.1, 0.15) is 0 Å². The van der Waals surface area contributed by atoms with Crippen LogP contribution in [0.4, 0.5) is 0 Å². The van der Waals surface area contributed by atoms with E-state index in [9.17, 15) is 0 Å². The van der Waals surface area contributed by atoms with Gasteiger partial charge in [0.1, 0.15) is 22.3 Å². The van der Waals surface area contributed by atoms with Gasteiger partial charge in [0.05, 0.1) is 5.56 Å². The molecule has 0 saturated carbocycles. The van der Waals surface area contributed by atoms with Crippen molar-refractivity contribution in [2.45, 2.75) is 0 Å². The van der Waals surface area contributed by atoms with E-state index < -0.39 is 0 Å². The van der Waals surface area contributed by atoms with Gasteiger partial charge < -0.3 is 8.83 Å². The minimum Gasteiger partial charge on any atom is -0.456 e. The predicted molar refractivity (Wildman–Crippen MR) is 211 cm³/mol. The van der Waals surface area contributed by atoms with Crippen molar-refractivity contribution in [1.82, 2.24) is 15.0 Å². The first-order chi connectivity index (χ1) is 25.7. The monoisotopic (exact) mass is 665 g/mol. The zero-order chi connectivity index (χ0) is 34.2. The molecule has 0 bridgehead atoms. The molecule has 0 aliphatic heterocycles. The van der Waals surface area contributed by atoms with Gasteiger partial charge in [0.2, 0.25) is 0 Å². The van der Waals surface area contributed by atoms with Gasteiger partial charge in [-0.2, -0.15) is 0 Å². The molecule has 52 heavy (non-hydrogen) atoms. The average Bonchev–Trinajstić information content (AvgIpc) is 3.79. The predicted octanol–water partition coefficient (Wildman–Crippen LogP) is 12.6. The highest BCUT2D eigenvalue weighted by Crippen LogP contribution is 2.42. The highest BCUT2D eigenvalue weighted by atomic mass is 16.3. The van der Waals surface area contributed by atoms with Crippen LogP contribution in [0.3, 0.4) is 0 Å². The van der Waals surface area contributed by atoms with E-state index in [1.807, 2.05) is 42.5 Å². The molecule has 0 atom stereocenters. The number of para-hydroxylation sites is 2. The lowest BCUT2D eigenvalue weighted by molar-refractivity contribution is 0.668. The van der Waals surface area contributed by atoms with Crippen LogP contribution >= 0.6 is 0 Å². The topological polar surface area (TPSA) is 65.0 Å². The first-order valence-corrected chi connectivity index (χ1v) is 17.3. The van der Waals surface area contributed by atoms with E-state index in [0.717, 1.165) is 87.9 Å². The Bertz CT molecular complexity index is 3190. The van der Waals surface area contributed by atoms with Crippen molar-refractivity contribution in [2.24, 2.45) is 0 Å². The summed E-state index contributed by atoms with van der Waals surface area (Å²) in [5.74, 6) is 1.68. The Balaban J connectivity index is 1.16. The molecule has 3 aromatic heterocycles. The Labute approximate surface area is 297 Å². The maximum Gasteiger partial charge on any atom is 0.167 e. The van der Waals surface area contributed by atoms with Crippen LogP contribution in [0.25, 0.3) is 111 Å². The number of benzene rings is 8. The number of rotatable bonds is 4. The Morgan fingerprint density at radius 3 is 1.85 bits per heavy atom. The lowest BCUT2D eigenvalue weighted by atomic mass is 9.95. The van der Waals surface area contributed by atoms with E-state index in [0.29, 0.717) is 17.5 Å². The lowest BCUT2D eigenvalue weighted by Gasteiger charge is -2.09. The molecule has 0 N–H and O–H groups in total. The molecule has 11 rings (SSSR count). The summed E-state index contributed by atoms with van der Waals surface area (Å²) in [4.78, 5) is 15.4. The van der Waals surface area contributed by atoms with Crippen LogP contribution in [0.5, 0.6) is 0 Å². The molecule has 8 aromatic carbocycles. The number of fused-ring (bicyclic) bond motifs is 9. The van der Waals surface area contributed by atoms with Gasteiger partial charge in [-0.15, -0.1) is 0 Å². The van der Waals surface area contributed by atoms with Crippen molar-refractivity contribution in [3.8, 4) is 45.3 Å². The van der Waals surface area contributed by atoms with Crippen molar-refractivity contribution < 1.29 is 8.83 Å². The van der Waals surface area contributed by atoms with Crippen LogP contribution < -0.4 is 0 Å². The fourth-order valence-electron chi connectivity index (χ4n) is 7.64. The third-order valence-corrected chi connectivity index (χ3v) is 10.1. The average molecular weight is 666 g/mol. The second-order valence-corrected chi connectivity index (χ2v) is 13.2. The molecule has 0 amide bonds. The van der Waals surface area contributed by atoms with Crippen LogP contribution in [0.15, 0.2) is 173 Å². The van der Waals surface area contributed by atoms with E-state index in [1.54, 1.807) is 0 Å². The lowest BCUT2D eigenvalue weighted by Crippen LogP contribution is -2.00. The SMILES string of the molecule is c1ccc(-c2cc3oc4c(-c5nc(-c6ccc7ccccc7c6)nc(-c6ccc7c(c6)oc6ccccc67)n5)cccc4c3c3ccccc23)cc1. The van der Waals surface area contributed by atoms with Gasteiger partial charge in [-0.05, 0) is 69.1 Å². The molecule has 0 radical (unpaired) electrons. The zero-order valence-corrected chi connectivity index (χ0v) is 27.7. The standard InChI is InChI=1S/C47H27N3O2/c1-2-12-29(13-3-1)39-27-42-43(36-17-7-6-15-33(36)39)37-18-10-19-38(44(37)52-42)47-49-45(31-22-21-28-11-4-5-14-30(28)25-31)48-46(50-47)32-23-24-35-34-16-8-9-20-40(34)51-41(35)26-32/h1-27H. The molecule has 5 nitrogen and oxygen atoms in total. The van der Waals surface area contributed by atoms with Gasteiger partial charge in [-0.3, -0.25) is 0 Å². The molecule has 0 spiro atoms. The molecule has 242 valence electrons. The minimum absolute atomic E-state index is 0.537. The highest BCUT2D eigenvalue weighted by Gasteiger charge is 2.21. The first-order valence-electron chi connectivity index (χ1n) is 17.3. The zero-order valence-electron chi connectivity index (χ0n) is 27.7. The third kappa shape index (κ3) is 4.46. The van der Waals surface area contributed by atoms with E-state index in [2.05, 4.69) is 121 Å².